The molecule has 100 valence electrons. The number of carbonyl (C=O) groups is 1. The number of hydrogen-bond donors (Lipinski definition) is 1. The predicted octanol–water partition coefficient (Wildman–Crippen LogP) is 1.67. The molecule has 0 saturated heterocycles. The van der Waals surface area contributed by atoms with Gasteiger partial charge in [-0.25, -0.2) is 0 Å². The molecule has 18 heavy (non-hydrogen) atoms. The second-order valence-corrected chi connectivity index (χ2v) is 5.71. The maximum absolute atomic E-state index is 12.0. The number of nitrogens with one attached hydrogen (secondary N) is 1. The van der Waals surface area contributed by atoms with E-state index in [9.17, 15) is 4.79 Å². The Morgan fingerprint density at radius 1 is 1.56 bits per heavy atom. The summed E-state index contributed by atoms with van der Waals surface area (Å²) in [5.74, 6) is 2.09. The maximum atomic E-state index is 12.0. The summed E-state index contributed by atoms with van der Waals surface area (Å²) in [5, 5.41) is 11.3. The first-order valence-corrected chi connectivity index (χ1v) is 6.78. The van der Waals surface area contributed by atoms with Crippen LogP contribution < -0.4 is 5.32 Å². The van der Waals surface area contributed by atoms with Crippen LogP contribution in [0.5, 0.6) is 0 Å². The minimum Gasteiger partial charge on any atom is -0.346 e. The van der Waals surface area contributed by atoms with Gasteiger partial charge in [-0.1, -0.05) is 0 Å². The van der Waals surface area contributed by atoms with Gasteiger partial charge in [0.2, 0.25) is 5.91 Å². The molecule has 1 aromatic heterocycles. The van der Waals surface area contributed by atoms with Gasteiger partial charge in [0.15, 0.2) is 5.82 Å². The van der Waals surface area contributed by atoms with Crippen LogP contribution in [0.4, 0.5) is 0 Å². The van der Waals surface area contributed by atoms with Crippen molar-refractivity contribution in [3.05, 3.63) is 11.6 Å². The van der Waals surface area contributed by atoms with E-state index < -0.39 is 5.41 Å². The zero-order valence-corrected chi connectivity index (χ0v) is 11.8. The van der Waals surface area contributed by atoms with Crippen molar-refractivity contribution < 1.29 is 4.79 Å². The molecule has 2 heterocycles. The molecule has 1 aliphatic rings. The molecule has 0 bridgehead atoms. The van der Waals surface area contributed by atoms with E-state index in [0.717, 1.165) is 31.0 Å². The summed E-state index contributed by atoms with van der Waals surface area (Å²) in [6.45, 7) is 6.53. The fourth-order valence-electron chi connectivity index (χ4n) is 2.01. The fourth-order valence-corrected chi connectivity index (χ4v) is 2.13. The minimum atomic E-state index is -0.566. The molecule has 0 aliphatic carbocycles. The van der Waals surface area contributed by atoms with Crippen molar-refractivity contribution in [3.63, 3.8) is 0 Å². The SMILES string of the molecule is CC(NC(=O)C(C)(C)CCl)c1nnc2n1CCC2. The lowest BCUT2D eigenvalue weighted by Gasteiger charge is -2.23. The zero-order valence-electron chi connectivity index (χ0n) is 11.0. The maximum Gasteiger partial charge on any atom is 0.227 e. The number of aromatic nitrogens is 3. The summed E-state index contributed by atoms with van der Waals surface area (Å²) in [7, 11) is 0. The van der Waals surface area contributed by atoms with E-state index in [4.69, 9.17) is 11.6 Å². The highest BCUT2D eigenvalue weighted by Gasteiger charge is 2.29. The van der Waals surface area contributed by atoms with Crippen LogP contribution in [0.25, 0.3) is 0 Å². The summed E-state index contributed by atoms with van der Waals surface area (Å²) < 4.78 is 2.10. The average molecular weight is 271 g/mol. The lowest BCUT2D eigenvalue weighted by Crippen LogP contribution is -2.40. The lowest BCUT2D eigenvalue weighted by atomic mass is 9.95. The van der Waals surface area contributed by atoms with Gasteiger partial charge in [0, 0.05) is 18.8 Å². The molecule has 0 aromatic carbocycles. The van der Waals surface area contributed by atoms with Gasteiger partial charge in [0.1, 0.15) is 5.82 Å². The Labute approximate surface area is 112 Å². The van der Waals surface area contributed by atoms with Crippen molar-refractivity contribution in [1.29, 1.82) is 0 Å². The highest BCUT2D eigenvalue weighted by molar-refractivity contribution is 6.19. The molecule has 1 unspecified atom stereocenters. The van der Waals surface area contributed by atoms with Gasteiger partial charge in [0.25, 0.3) is 0 Å². The summed E-state index contributed by atoms with van der Waals surface area (Å²) in [5.41, 5.74) is -0.566. The van der Waals surface area contributed by atoms with E-state index in [1.807, 2.05) is 20.8 Å². The Hall–Kier alpha value is -1.10. The molecule has 5 nitrogen and oxygen atoms in total. The monoisotopic (exact) mass is 270 g/mol. The number of aryl methyl sites for hydroxylation is 1. The quantitative estimate of drug-likeness (QED) is 0.847. The fraction of sp³-hybridized carbons (Fsp3) is 0.750. The second-order valence-electron chi connectivity index (χ2n) is 5.44. The number of alkyl halides is 1. The van der Waals surface area contributed by atoms with Crippen molar-refractivity contribution in [2.24, 2.45) is 5.41 Å². The molecular weight excluding hydrogens is 252 g/mol. The average Bonchev–Trinajstić information content (AvgIpc) is 2.89. The summed E-state index contributed by atoms with van der Waals surface area (Å²) in [6, 6.07) is -0.139. The number of hydrogen-bond acceptors (Lipinski definition) is 3. The second kappa shape index (κ2) is 4.88. The number of rotatable bonds is 4. The number of fused-ring (bicyclic) bond motifs is 1. The molecule has 1 N–H and O–H groups in total. The third-order valence-electron chi connectivity index (χ3n) is 3.32. The van der Waals surface area contributed by atoms with Crippen LogP contribution in [0, 0.1) is 5.41 Å². The van der Waals surface area contributed by atoms with Crippen molar-refractivity contribution >= 4 is 17.5 Å². The van der Waals surface area contributed by atoms with Crippen LogP contribution in [-0.2, 0) is 17.8 Å². The summed E-state index contributed by atoms with van der Waals surface area (Å²) in [6.07, 6.45) is 2.08. The van der Waals surface area contributed by atoms with Gasteiger partial charge in [-0.15, -0.1) is 21.8 Å². The van der Waals surface area contributed by atoms with Crippen LogP contribution >= 0.6 is 11.6 Å². The van der Waals surface area contributed by atoms with E-state index in [1.54, 1.807) is 0 Å². The van der Waals surface area contributed by atoms with Crippen LogP contribution in [0.1, 0.15) is 44.9 Å². The van der Waals surface area contributed by atoms with Gasteiger partial charge >= 0.3 is 0 Å². The molecule has 1 atom stereocenters. The number of halogens is 1. The molecule has 6 heteroatoms. The van der Waals surface area contributed by atoms with Crippen molar-refractivity contribution in [2.45, 2.75) is 46.2 Å². The van der Waals surface area contributed by atoms with Gasteiger partial charge in [0.05, 0.1) is 11.5 Å². The smallest absolute Gasteiger partial charge is 0.227 e. The Bertz CT molecular complexity index is 455. The first-order chi connectivity index (χ1) is 8.45. The molecule has 1 amide bonds. The first-order valence-electron chi connectivity index (χ1n) is 6.24. The van der Waals surface area contributed by atoms with E-state index in [1.165, 1.54) is 0 Å². The Morgan fingerprint density at radius 2 is 2.28 bits per heavy atom. The number of amides is 1. The topological polar surface area (TPSA) is 59.8 Å². The van der Waals surface area contributed by atoms with Gasteiger partial charge in [-0.3, -0.25) is 4.79 Å². The lowest BCUT2D eigenvalue weighted by molar-refractivity contribution is -0.129. The van der Waals surface area contributed by atoms with Crippen LogP contribution in [0.15, 0.2) is 0 Å². The molecule has 0 saturated carbocycles. The molecule has 1 aliphatic heterocycles. The van der Waals surface area contributed by atoms with Crippen LogP contribution in [0.3, 0.4) is 0 Å². The molecule has 0 radical (unpaired) electrons. The highest BCUT2D eigenvalue weighted by atomic mass is 35.5. The van der Waals surface area contributed by atoms with E-state index in [0.29, 0.717) is 5.88 Å². The molecule has 2 rings (SSSR count). The van der Waals surface area contributed by atoms with Crippen molar-refractivity contribution in [2.75, 3.05) is 5.88 Å². The third kappa shape index (κ3) is 2.36. The van der Waals surface area contributed by atoms with Crippen LogP contribution in [-0.4, -0.2) is 26.6 Å². The predicted molar refractivity (Wildman–Crippen MR) is 69.4 cm³/mol. The third-order valence-corrected chi connectivity index (χ3v) is 3.99. The Morgan fingerprint density at radius 3 is 2.94 bits per heavy atom. The summed E-state index contributed by atoms with van der Waals surface area (Å²) in [4.78, 5) is 12.0. The van der Waals surface area contributed by atoms with E-state index >= 15 is 0 Å². The van der Waals surface area contributed by atoms with E-state index in [-0.39, 0.29) is 11.9 Å². The normalized spacial score (nSPS) is 16.4. The largest absolute Gasteiger partial charge is 0.346 e. The molecule has 0 fully saturated rings. The standard InChI is InChI=1S/C12H19ClN4O/c1-8(14-11(18)12(2,3)7-13)10-16-15-9-5-4-6-17(9)10/h8H,4-7H2,1-3H3,(H,14,18). The molecule has 0 spiro atoms. The number of carbonyl (C=O) groups excluding carboxylic acids is 1. The van der Waals surface area contributed by atoms with Crippen LogP contribution in [0.2, 0.25) is 0 Å². The van der Waals surface area contributed by atoms with Crippen molar-refractivity contribution in [1.82, 2.24) is 20.1 Å². The zero-order chi connectivity index (χ0) is 13.3. The Kier molecular flexibility index (Phi) is 3.61. The first kappa shape index (κ1) is 13.3. The van der Waals surface area contributed by atoms with Crippen molar-refractivity contribution in [3.8, 4) is 0 Å². The van der Waals surface area contributed by atoms with Gasteiger partial charge in [-0.05, 0) is 27.2 Å². The highest BCUT2D eigenvalue weighted by Crippen LogP contribution is 2.22. The number of nitrogens with zero attached hydrogens (tertiary/aromatic N) is 3. The minimum absolute atomic E-state index is 0.0552. The van der Waals surface area contributed by atoms with E-state index in [2.05, 4.69) is 20.1 Å². The molecular formula is C12H19ClN4O. The van der Waals surface area contributed by atoms with Gasteiger partial charge in [-0.2, -0.15) is 0 Å². The summed E-state index contributed by atoms with van der Waals surface area (Å²) >= 11 is 5.80. The Balaban J connectivity index is 2.08. The van der Waals surface area contributed by atoms with Gasteiger partial charge < -0.3 is 9.88 Å². The molecule has 1 aromatic rings.